The highest BCUT2D eigenvalue weighted by atomic mass is 16.4. The van der Waals surface area contributed by atoms with E-state index >= 15 is 0 Å². The van der Waals surface area contributed by atoms with Gasteiger partial charge >= 0.3 is 5.97 Å². The summed E-state index contributed by atoms with van der Waals surface area (Å²) in [6.07, 6.45) is 0.283. The lowest BCUT2D eigenvalue weighted by Gasteiger charge is -2.40. The van der Waals surface area contributed by atoms with E-state index in [0.717, 1.165) is 10.5 Å². The second-order valence-corrected chi connectivity index (χ2v) is 7.58. The van der Waals surface area contributed by atoms with Crippen LogP contribution in [0, 0.1) is 11.8 Å². The van der Waals surface area contributed by atoms with Gasteiger partial charge in [-0.25, -0.2) is 4.90 Å². The number of benzene rings is 3. The van der Waals surface area contributed by atoms with E-state index in [0.29, 0.717) is 11.3 Å². The number of aliphatic carboxylic acids is 1. The summed E-state index contributed by atoms with van der Waals surface area (Å²) in [5, 5.41) is 19.7. The molecule has 3 unspecified atom stereocenters. The van der Waals surface area contributed by atoms with E-state index in [1.165, 1.54) is 12.1 Å². The van der Waals surface area contributed by atoms with Crippen molar-refractivity contribution in [1.29, 1.82) is 0 Å². The molecule has 2 amide bonds. The molecule has 0 saturated carbocycles. The van der Waals surface area contributed by atoms with Crippen LogP contribution >= 0.6 is 0 Å². The highest BCUT2D eigenvalue weighted by Crippen LogP contribution is 2.42. The van der Waals surface area contributed by atoms with Crippen LogP contribution in [0.4, 0.5) is 5.69 Å². The molecule has 1 saturated heterocycles. The number of carbonyl (C=O) groups excluding carboxylic acids is 2. The van der Waals surface area contributed by atoms with Gasteiger partial charge in [0.15, 0.2) is 0 Å². The smallest absolute Gasteiger partial charge is 0.316 e. The Hall–Kier alpha value is -3.93. The summed E-state index contributed by atoms with van der Waals surface area (Å²) < 4.78 is 0. The molecule has 3 aromatic rings. The molecule has 156 valence electrons. The topological polar surface area (TPSA) is 94.9 Å². The number of carbonyl (C=O) groups is 3. The molecule has 0 radical (unpaired) electrons. The quantitative estimate of drug-likeness (QED) is 0.490. The van der Waals surface area contributed by atoms with Crippen molar-refractivity contribution in [2.45, 2.75) is 12.3 Å². The van der Waals surface area contributed by atoms with Gasteiger partial charge in [0, 0.05) is 5.92 Å². The third kappa shape index (κ3) is 3.92. The number of aromatic hydroxyl groups is 1. The van der Waals surface area contributed by atoms with Gasteiger partial charge in [-0.3, -0.25) is 14.4 Å². The van der Waals surface area contributed by atoms with E-state index in [4.69, 9.17) is 0 Å². The van der Waals surface area contributed by atoms with E-state index < -0.39 is 35.5 Å². The molecule has 1 heterocycles. The molecule has 31 heavy (non-hydrogen) atoms. The van der Waals surface area contributed by atoms with Gasteiger partial charge in [0.2, 0.25) is 11.8 Å². The molecule has 6 heteroatoms. The summed E-state index contributed by atoms with van der Waals surface area (Å²) in [6, 6.07) is 23.7. The van der Waals surface area contributed by atoms with Crippen molar-refractivity contribution in [2.24, 2.45) is 11.8 Å². The molecular weight excluding hydrogens is 394 g/mol. The number of amides is 2. The van der Waals surface area contributed by atoms with Crippen molar-refractivity contribution in [3.8, 4) is 5.75 Å². The first-order valence-electron chi connectivity index (χ1n) is 9.96. The number of para-hydroxylation sites is 1. The van der Waals surface area contributed by atoms with Crippen molar-refractivity contribution < 1.29 is 24.6 Å². The molecule has 0 bridgehead atoms. The van der Waals surface area contributed by atoms with E-state index in [1.807, 2.05) is 30.3 Å². The number of piperidine rings is 1. The minimum atomic E-state index is -1.43. The average molecular weight is 415 g/mol. The SMILES string of the molecule is O=C(O)C1C(=O)N(c2ccccc2)C(=O)C(Cc2ccccc2)C1c1ccc(O)cc1. The van der Waals surface area contributed by atoms with Gasteiger partial charge in [-0.05, 0) is 41.8 Å². The predicted molar refractivity (Wildman–Crippen MR) is 115 cm³/mol. The number of carboxylic acids is 1. The van der Waals surface area contributed by atoms with Crippen LogP contribution in [-0.4, -0.2) is 28.0 Å². The summed E-state index contributed by atoms with van der Waals surface area (Å²) >= 11 is 0. The highest BCUT2D eigenvalue weighted by molar-refractivity contribution is 6.23. The molecule has 1 aliphatic heterocycles. The van der Waals surface area contributed by atoms with Crippen molar-refractivity contribution in [3.05, 3.63) is 96.1 Å². The number of hydrogen-bond acceptors (Lipinski definition) is 4. The van der Waals surface area contributed by atoms with Gasteiger partial charge in [-0.1, -0.05) is 60.7 Å². The number of imide groups is 1. The van der Waals surface area contributed by atoms with Crippen molar-refractivity contribution in [2.75, 3.05) is 4.90 Å². The predicted octanol–water partition coefficient (Wildman–Crippen LogP) is 3.61. The van der Waals surface area contributed by atoms with Crippen LogP contribution in [-0.2, 0) is 20.8 Å². The maximum absolute atomic E-state index is 13.6. The molecule has 6 nitrogen and oxygen atoms in total. The largest absolute Gasteiger partial charge is 0.508 e. The second kappa shape index (κ2) is 8.44. The fraction of sp³-hybridized carbons (Fsp3) is 0.160. The Morgan fingerprint density at radius 1 is 0.806 bits per heavy atom. The van der Waals surface area contributed by atoms with Gasteiger partial charge in [0.25, 0.3) is 0 Å². The van der Waals surface area contributed by atoms with Gasteiger partial charge in [-0.2, -0.15) is 0 Å². The van der Waals surface area contributed by atoms with Gasteiger partial charge in [-0.15, -0.1) is 0 Å². The zero-order valence-corrected chi connectivity index (χ0v) is 16.6. The third-order valence-corrected chi connectivity index (χ3v) is 5.67. The number of carboxylic acid groups (broad SMARTS) is 1. The van der Waals surface area contributed by atoms with Crippen LogP contribution in [0.1, 0.15) is 17.0 Å². The van der Waals surface area contributed by atoms with Crippen molar-refractivity contribution in [1.82, 2.24) is 0 Å². The molecule has 0 aliphatic carbocycles. The number of phenols is 1. The fourth-order valence-electron chi connectivity index (χ4n) is 4.25. The Bertz CT molecular complexity index is 1100. The lowest BCUT2D eigenvalue weighted by molar-refractivity contribution is -0.151. The van der Waals surface area contributed by atoms with Crippen LogP contribution in [0.5, 0.6) is 5.75 Å². The van der Waals surface area contributed by atoms with Gasteiger partial charge in [0.1, 0.15) is 11.7 Å². The molecule has 4 rings (SSSR count). The summed E-state index contributed by atoms with van der Waals surface area (Å²) in [4.78, 5) is 40.2. The van der Waals surface area contributed by atoms with Crippen LogP contribution in [0.2, 0.25) is 0 Å². The third-order valence-electron chi connectivity index (χ3n) is 5.67. The number of rotatable bonds is 5. The van der Waals surface area contributed by atoms with Crippen LogP contribution in [0.25, 0.3) is 0 Å². The molecule has 3 atom stereocenters. The zero-order valence-electron chi connectivity index (χ0n) is 16.6. The van der Waals surface area contributed by atoms with Gasteiger partial charge < -0.3 is 10.2 Å². The maximum Gasteiger partial charge on any atom is 0.316 e. The first-order chi connectivity index (χ1) is 15.0. The lowest BCUT2D eigenvalue weighted by atomic mass is 9.70. The number of phenolic OH excluding ortho intramolecular Hbond substituents is 1. The fourth-order valence-corrected chi connectivity index (χ4v) is 4.25. The molecule has 2 N–H and O–H groups in total. The molecule has 3 aromatic carbocycles. The molecule has 1 aliphatic rings. The average Bonchev–Trinajstić information content (AvgIpc) is 2.77. The highest BCUT2D eigenvalue weighted by Gasteiger charge is 2.52. The Kier molecular flexibility index (Phi) is 5.54. The molecule has 0 aromatic heterocycles. The van der Waals surface area contributed by atoms with E-state index in [9.17, 15) is 24.6 Å². The first-order valence-corrected chi connectivity index (χ1v) is 9.96. The number of nitrogens with zero attached hydrogens (tertiary/aromatic N) is 1. The second-order valence-electron chi connectivity index (χ2n) is 7.58. The van der Waals surface area contributed by atoms with Crippen molar-refractivity contribution in [3.63, 3.8) is 0 Å². The molecule has 0 spiro atoms. The minimum Gasteiger partial charge on any atom is -0.508 e. The van der Waals surface area contributed by atoms with Crippen LogP contribution < -0.4 is 4.90 Å². The number of hydrogen-bond donors (Lipinski definition) is 2. The first kappa shape index (κ1) is 20.3. The van der Waals surface area contributed by atoms with E-state index in [-0.39, 0.29) is 12.2 Å². The standard InChI is InChI=1S/C25H21NO5/c27-19-13-11-17(12-14-19)21-20(15-16-7-3-1-4-8-16)23(28)26(18-9-5-2-6-10-18)24(29)22(21)25(30)31/h1-14,20-22,27H,15H2,(H,30,31). The molecule has 1 fully saturated rings. The lowest BCUT2D eigenvalue weighted by Crippen LogP contribution is -2.56. The summed E-state index contributed by atoms with van der Waals surface area (Å²) in [5.41, 5.74) is 1.75. The van der Waals surface area contributed by atoms with Crippen LogP contribution in [0.3, 0.4) is 0 Å². The summed E-state index contributed by atoms with van der Waals surface area (Å²) in [6.45, 7) is 0. The van der Waals surface area contributed by atoms with Crippen LogP contribution in [0.15, 0.2) is 84.9 Å². The zero-order chi connectivity index (χ0) is 22.0. The molecular formula is C25H21NO5. The number of anilines is 1. The van der Waals surface area contributed by atoms with Crippen molar-refractivity contribution >= 4 is 23.5 Å². The maximum atomic E-state index is 13.6. The normalized spacial score (nSPS) is 21.2. The van der Waals surface area contributed by atoms with E-state index in [1.54, 1.807) is 42.5 Å². The summed E-state index contributed by atoms with van der Waals surface area (Å²) in [7, 11) is 0. The summed E-state index contributed by atoms with van der Waals surface area (Å²) in [5.74, 6) is -5.52. The monoisotopic (exact) mass is 415 g/mol. The Balaban J connectivity index is 1.85. The minimum absolute atomic E-state index is 0.0228. The Morgan fingerprint density at radius 3 is 1.97 bits per heavy atom. The van der Waals surface area contributed by atoms with Gasteiger partial charge in [0.05, 0.1) is 11.6 Å². The van der Waals surface area contributed by atoms with E-state index in [2.05, 4.69) is 0 Å². The Labute approximate surface area is 179 Å². The Morgan fingerprint density at radius 2 is 1.39 bits per heavy atom.